The molecule has 2 atom stereocenters. The molecule has 10 heteroatoms. The third-order valence-corrected chi connectivity index (χ3v) is 7.68. The lowest BCUT2D eigenvalue weighted by Crippen LogP contribution is -2.32. The standard InChI is InChI=1S/C24H32N4O5S/c1-5-6-7-8-16-12-19(29)20(18-11-15(4)9-10-17(18)14(2)3)21(30)22(16)34(32,33)28-24(31)23-25-13-26-27-23/h11-13,17-18,29-30H,2,5-10H2,1,3-4H3,(H,28,31)(H,25,26,27). The van der Waals surface area contributed by atoms with E-state index in [0.717, 1.165) is 43.2 Å². The normalized spacial score (nSPS) is 18.4. The number of nitrogens with one attached hydrogen (secondary N) is 2. The Balaban J connectivity index is 2.16. The second-order valence-electron chi connectivity index (χ2n) is 8.90. The number of carbonyl (C=O) groups is 1. The molecular weight excluding hydrogens is 456 g/mol. The minimum atomic E-state index is -4.50. The van der Waals surface area contributed by atoms with E-state index < -0.39 is 32.5 Å². The van der Waals surface area contributed by atoms with Gasteiger partial charge in [-0.2, -0.15) is 5.10 Å². The lowest BCUT2D eigenvalue weighted by molar-refractivity contribution is 0.0971. The number of sulfonamides is 1. The van der Waals surface area contributed by atoms with Crippen LogP contribution in [0.3, 0.4) is 0 Å². The van der Waals surface area contributed by atoms with Crippen molar-refractivity contribution < 1.29 is 23.4 Å². The summed E-state index contributed by atoms with van der Waals surface area (Å²) in [5, 5.41) is 28.2. The number of aromatic nitrogens is 3. The zero-order valence-electron chi connectivity index (χ0n) is 19.8. The van der Waals surface area contributed by atoms with Crippen LogP contribution in [0.2, 0.25) is 0 Å². The number of allylic oxidation sites excluding steroid dienone is 3. The Morgan fingerprint density at radius 2 is 2.06 bits per heavy atom. The van der Waals surface area contributed by atoms with E-state index in [9.17, 15) is 23.4 Å². The van der Waals surface area contributed by atoms with Gasteiger partial charge in [-0.1, -0.05) is 43.6 Å². The van der Waals surface area contributed by atoms with E-state index in [4.69, 9.17) is 0 Å². The summed E-state index contributed by atoms with van der Waals surface area (Å²) >= 11 is 0. The number of amides is 1. The number of nitrogens with zero attached hydrogens (tertiary/aromatic N) is 2. The van der Waals surface area contributed by atoms with Gasteiger partial charge in [-0.25, -0.2) is 18.1 Å². The van der Waals surface area contributed by atoms with Crippen LogP contribution in [0.1, 0.15) is 80.5 Å². The summed E-state index contributed by atoms with van der Waals surface area (Å²) < 4.78 is 28.7. The van der Waals surface area contributed by atoms with Crippen LogP contribution in [0, 0.1) is 5.92 Å². The van der Waals surface area contributed by atoms with Crippen LogP contribution >= 0.6 is 0 Å². The molecule has 0 fully saturated rings. The van der Waals surface area contributed by atoms with Gasteiger partial charge in [0.15, 0.2) is 0 Å². The number of aromatic amines is 1. The van der Waals surface area contributed by atoms with Crippen LogP contribution in [0.15, 0.2) is 41.1 Å². The van der Waals surface area contributed by atoms with E-state index in [-0.39, 0.29) is 28.6 Å². The third kappa shape index (κ3) is 5.32. The topological polar surface area (TPSA) is 145 Å². The number of rotatable bonds is 9. The fourth-order valence-corrected chi connectivity index (χ4v) is 5.84. The van der Waals surface area contributed by atoms with Crippen molar-refractivity contribution in [2.24, 2.45) is 5.92 Å². The second-order valence-corrected chi connectivity index (χ2v) is 10.5. The molecule has 1 aliphatic rings. The maximum absolute atomic E-state index is 13.4. The lowest BCUT2D eigenvalue weighted by atomic mass is 9.73. The van der Waals surface area contributed by atoms with Gasteiger partial charge in [-0.15, -0.1) is 0 Å². The average molecular weight is 489 g/mol. The number of H-pyrrole nitrogens is 1. The molecule has 9 nitrogen and oxygen atoms in total. The van der Waals surface area contributed by atoms with Crippen LogP contribution in [-0.2, 0) is 16.4 Å². The highest BCUT2D eigenvalue weighted by molar-refractivity contribution is 7.90. The first-order valence-corrected chi connectivity index (χ1v) is 12.9. The molecular formula is C24H32N4O5S. The number of hydrogen-bond acceptors (Lipinski definition) is 7. The molecule has 2 aromatic rings. The minimum Gasteiger partial charge on any atom is -0.507 e. The van der Waals surface area contributed by atoms with Crippen molar-refractivity contribution in [3.8, 4) is 11.5 Å². The first kappa shape index (κ1) is 25.5. The SMILES string of the molecule is C=C(C)C1CCC(C)=CC1c1c(O)cc(CCCCC)c(S(=O)(=O)NC(=O)c2ncn[nH]2)c1O. The molecule has 0 saturated carbocycles. The summed E-state index contributed by atoms with van der Waals surface area (Å²) in [6.07, 6.45) is 7.37. The van der Waals surface area contributed by atoms with Gasteiger partial charge in [-0.05, 0) is 57.1 Å². The fourth-order valence-electron chi connectivity index (χ4n) is 4.53. The second kappa shape index (κ2) is 10.4. The summed E-state index contributed by atoms with van der Waals surface area (Å²) in [4.78, 5) is 15.7. The van der Waals surface area contributed by atoms with E-state index in [1.165, 1.54) is 6.07 Å². The summed E-state index contributed by atoms with van der Waals surface area (Å²) in [6, 6.07) is 1.39. The van der Waals surface area contributed by atoms with Crippen molar-refractivity contribution in [2.75, 3.05) is 0 Å². The summed E-state index contributed by atoms with van der Waals surface area (Å²) in [5.74, 6) is -2.53. The molecule has 0 aliphatic heterocycles. The van der Waals surface area contributed by atoms with Gasteiger partial charge in [0.05, 0.1) is 0 Å². The Morgan fingerprint density at radius 3 is 2.68 bits per heavy atom. The number of benzene rings is 1. The van der Waals surface area contributed by atoms with Gasteiger partial charge in [0.25, 0.3) is 10.0 Å². The Morgan fingerprint density at radius 1 is 1.32 bits per heavy atom. The van der Waals surface area contributed by atoms with Crippen LogP contribution in [0.5, 0.6) is 11.5 Å². The van der Waals surface area contributed by atoms with Gasteiger partial charge in [0.1, 0.15) is 22.7 Å². The van der Waals surface area contributed by atoms with E-state index in [2.05, 4.69) is 21.8 Å². The molecule has 1 aliphatic carbocycles. The van der Waals surface area contributed by atoms with Gasteiger partial charge in [-0.3, -0.25) is 9.89 Å². The molecule has 1 aromatic heterocycles. The van der Waals surface area contributed by atoms with Crippen LogP contribution in [0.4, 0.5) is 0 Å². The Labute approximate surface area is 200 Å². The Kier molecular flexibility index (Phi) is 7.81. The molecule has 0 spiro atoms. The number of aryl methyl sites for hydroxylation is 1. The summed E-state index contributed by atoms with van der Waals surface area (Å²) in [5.41, 5.74) is 2.33. The highest BCUT2D eigenvalue weighted by atomic mass is 32.2. The average Bonchev–Trinajstić information content (AvgIpc) is 3.28. The van der Waals surface area contributed by atoms with E-state index >= 15 is 0 Å². The molecule has 0 saturated heterocycles. The minimum absolute atomic E-state index is 0.0780. The van der Waals surface area contributed by atoms with Gasteiger partial charge >= 0.3 is 5.91 Å². The van der Waals surface area contributed by atoms with Crippen LogP contribution in [-0.4, -0.2) is 39.7 Å². The van der Waals surface area contributed by atoms with E-state index in [0.29, 0.717) is 12.8 Å². The van der Waals surface area contributed by atoms with Crippen molar-refractivity contribution in [1.82, 2.24) is 19.9 Å². The lowest BCUT2D eigenvalue weighted by Gasteiger charge is -2.32. The van der Waals surface area contributed by atoms with E-state index in [1.807, 2.05) is 31.6 Å². The summed E-state index contributed by atoms with van der Waals surface area (Å²) in [7, 11) is -4.50. The number of aromatic hydroxyl groups is 2. The van der Waals surface area contributed by atoms with Crippen LogP contribution in [0.25, 0.3) is 0 Å². The van der Waals surface area contributed by atoms with Crippen molar-refractivity contribution in [3.05, 3.63) is 53.1 Å². The predicted molar refractivity (Wildman–Crippen MR) is 128 cm³/mol. The van der Waals surface area contributed by atoms with Crippen molar-refractivity contribution in [3.63, 3.8) is 0 Å². The van der Waals surface area contributed by atoms with Gasteiger partial charge < -0.3 is 10.2 Å². The highest BCUT2D eigenvalue weighted by Gasteiger charge is 2.35. The zero-order valence-corrected chi connectivity index (χ0v) is 20.6. The first-order valence-electron chi connectivity index (χ1n) is 11.4. The molecule has 1 heterocycles. The maximum Gasteiger partial charge on any atom is 0.302 e. The van der Waals surface area contributed by atoms with Crippen LogP contribution < -0.4 is 4.72 Å². The first-order chi connectivity index (χ1) is 16.1. The fraction of sp³-hybridized carbons (Fsp3) is 0.458. The number of hydrogen-bond donors (Lipinski definition) is 4. The monoisotopic (exact) mass is 488 g/mol. The number of unbranched alkanes of at least 4 members (excludes halogenated alkanes) is 2. The largest absolute Gasteiger partial charge is 0.507 e. The summed E-state index contributed by atoms with van der Waals surface area (Å²) in [6.45, 7) is 9.92. The number of carbonyl (C=O) groups excluding carboxylic acids is 1. The molecule has 4 N–H and O–H groups in total. The quantitative estimate of drug-likeness (QED) is 0.307. The Hall–Kier alpha value is -3.14. The molecule has 0 radical (unpaired) electrons. The molecule has 1 amide bonds. The molecule has 0 bridgehead atoms. The zero-order chi connectivity index (χ0) is 25.0. The maximum atomic E-state index is 13.4. The van der Waals surface area contributed by atoms with Gasteiger partial charge in [0, 0.05) is 11.5 Å². The molecule has 2 unspecified atom stereocenters. The van der Waals surface area contributed by atoms with Gasteiger partial charge in [0.2, 0.25) is 5.82 Å². The molecule has 34 heavy (non-hydrogen) atoms. The number of phenols is 2. The van der Waals surface area contributed by atoms with Crippen molar-refractivity contribution >= 4 is 15.9 Å². The smallest absolute Gasteiger partial charge is 0.302 e. The molecule has 3 rings (SSSR count). The molecule has 184 valence electrons. The Bertz CT molecular complexity index is 1200. The highest BCUT2D eigenvalue weighted by Crippen LogP contribution is 2.49. The van der Waals surface area contributed by atoms with Crippen molar-refractivity contribution in [1.29, 1.82) is 0 Å². The number of phenolic OH excluding ortho intramolecular Hbond substituents is 2. The molecule has 1 aromatic carbocycles. The third-order valence-electron chi connectivity index (χ3n) is 6.24. The van der Waals surface area contributed by atoms with Crippen molar-refractivity contribution in [2.45, 2.75) is 70.1 Å². The predicted octanol–water partition coefficient (Wildman–Crippen LogP) is 4.08. The van der Waals surface area contributed by atoms with E-state index in [1.54, 1.807) is 0 Å².